The van der Waals surface area contributed by atoms with Crippen molar-refractivity contribution >= 4 is 34.0 Å². The number of hydrogen-bond acceptors (Lipinski definition) is 5. The van der Waals surface area contributed by atoms with E-state index >= 15 is 0 Å². The molecule has 0 aliphatic carbocycles. The van der Waals surface area contributed by atoms with Crippen LogP contribution in [0.5, 0.6) is 0 Å². The Kier molecular flexibility index (Phi) is 4.13. The van der Waals surface area contributed by atoms with Gasteiger partial charge in [-0.25, -0.2) is 9.67 Å². The zero-order valence-corrected chi connectivity index (χ0v) is 19.7. The second-order valence-electron chi connectivity index (χ2n) is 10.0. The normalized spacial score (nSPS) is 16.6. The van der Waals surface area contributed by atoms with E-state index in [9.17, 15) is 4.79 Å². The Morgan fingerprint density at radius 3 is 2.54 bits per heavy atom. The number of para-hydroxylation sites is 1. The Hall–Kier alpha value is -4.20. The standard InChI is InChI=1S/C27H25N7O/c1-18-5-3-7-21-25(20-6-4-8-23-22(20)12-31(2)29-23)30-34(26(18)21)19-9-10-24(28-11-19)33-15-27(16-33)13-32(14-27)17-35/h3-12,17H,13-16H2,1-2H3. The lowest BCUT2D eigenvalue weighted by Gasteiger charge is -2.59. The zero-order valence-electron chi connectivity index (χ0n) is 19.7. The minimum Gasteiger partial charge on any atom is -0.355 e. The first-order chi connectivity index (χ1) is 17.0. The molecule has 3 aromatic heterocycles. The first-order valence-electron chi connectivity index (χ1n) is 11.9. The molecule has 2 aliphatic rings. The number of hydrogen-bond donors (Lipinski definition) is 0. The van der Waals surface area contributed by atoms with Crippen LogP contribution in [0.1, 0.15) is 5.56 Å². The van der Waals surface area contributed by atoms with Crippen LogP contribution in [-0.2, 0) is 11.8 Å². The van der Waals surface area contributed by atoms with E-state index in [1.807, 2.05) is 39.6 Å². The number of nitrogens with zero attached hydrogens (tertiary/aromatic N) is 7. The van der Waals surface area contributed by atoms with Crippen LogP contribution in [-0.4, -0.2) is 62.0 Å². The molecule has 0 N–H and O–H groups in total. The first-order valence-corrected chi connectivity index (χ1v) is 11.9. The summed E-state index contributed by atoms with van der Waals surface area (Å²) in [4.78, 5) is 19.8. The average molecular weight is 464 g/mol. The maximum absolute atomic E-state index is 10.9. The Bertz CT molecular complexity index is 1600. The van der Waals surface area contributed by atoms with Crippen molar-refractivity contribution in [3.63, 3.8) is 0 Å². The van der Waals surface area contributed by atoms with E-state index < -0.39 is 0 Å². The van der Waals surface area contributed by atoms with Crippen LogP contribution >= 0.6 is 0 Å². The number of rotatable bonds is 4. The Morgan fingerprint density at radius 1 is 0.943 bits per heavy atom. The second-order valence-corrected chi connectivity index (χ2v) is 10.0. The number of fused-ring (bicyclic) bond motifs is 2. The van der Waals surface area contributed by atoms with Gasteiger partial charge in [0.15, 0.2) is 0 Å². The molecule has 35 heavy (non-hydrogen) atoms. The van der Waals surface area contributed by atoms with Crippen molar-refractivity contribution in [3.05, 3.63) is 66.5 Å². The lowest BCUT2D eigenvalue weighted by molar-refractivity contribution is -0.130. The van der Waals surface area contributed by atoms with Crippen LogP contribution in [0.25, 0.3) is 38.8 Å². The number of aryl methyl sites for hydroxylation is 2. The van der Waals surface area contributed by atoms with Crippen LogP contribution in [0, 0.1) is 12.3 Å². The number of carbonyl (C=O) groups is 1. The summed E-state index contributed by atoms with van der Waals surface area (Å²) in [5, 5.41) is 11.9. The Labute approximate surface area is 202 Å². The quantitative estimate of drug-likeness (QED) is 0.381. The molecule has 0 unspecified atom stereocenters. The van der Waals surface area contributed by atoms with Gasteiger partial charge in [-0.05, 0) is 30.7 Å². The summed E-state index contributed by atoms with van der Waals surface area (Å²) in [6.07, 6.45) is 4.91. The van der Waals surface area contributed by atoms with Crippen molar-refractivity contribution in [2.24, 2.45) is 12.5 Å². The van der Waals surface area contributed by atoms with E-state index in [0.717, 1.165) is 82.7 Å². The van der Waals surface area contributed by atoms with Crippen molar-refractivity contribution in [2.45, 2.75) is 6.92 Å². The highest BCUT2D eigenvalue weighted by Gasteiger charge is 2.51. The molecule has 0 radical (unpaired) electrons. The molecule has 2 fully saturated rings. The van der Waals surface area contributed by atoms with Crippen molar-refractivity contribution in [1.29, 1.82) is 0 Å². The van der Waals surface area contributed by atoms with Gasteiger partial charge in [0.05, 0.1) is 22.9 Å². The molecule has 0 saturated carbocycles. The summed E-state index contributed by atoms with van der Waals surface area (Å²) in [5.74, 6) is 0.970. The number of pyridine rings is 1. The third-order valence-corrected chi connectivity index (χ3v) is 7.40. The molecule has 2 aliphatic heterocycles. The second kappa shape index (κ2) is 7.15. The van der Waals surface area contributed by atoms with E-state index in [0.29, 0.717) is 0 Å². The maximum atomic E-state index is 10.9. The van der Waals surface area contributed by atoms with Gasteiger partial charge in [0.25, 0.3) is 0 Å². The van der Waals surface area contributed by atoms with Gasteiger partial charge in [0.2, 0.25) is 6.41 Å². The number of likely N-dealkylation sites (tertiary alicyclic amines) is 1. The van der Waals surface area contributed by atoms with Gasteiger partial charge in [-0.3, -0.25) is 9.48 Å². The molecule has 5 heterocycles. The van der Waals surface area contributed by atoms with Crippen LogP contribution in [0.4, 0.5) is 5.82 Å². The van der Waals surface area contributed by atoms with Gasteiger partial charge < -0.3 is 9.80 Å². The lowest BCUT2D eigenvalue weighted by Crippen LogP contribution is -2.72. The molecule has 1 amide bonds. The molecule has 8 heteroatoms. The van der Waals surface area contributed by atoms with Crippen molar-refractivity contribution in [2.75, 3.05) is 31.1 Å². The minimum absolute atomic E-state index is 0.263. The van der Waals surface area contributed by atoms with Crippen molar-refractivity contribution < 1.29 is 4.79 Å². The summed E-state index contributed by atoms with van der Waals surface area (Å²) in [5.41, 5.74) is 6.43. The molecular weight excluding hydrogens is 438 g/mol. The van der Waals surface area contributed by atoms with Crippen molar-refractivity contribution in [1.82, 2.24) is 29.4 Å². The fraction of sp³-hybridized carbons (Fsp3) is 0.259. The van der Waals surface area contributed by atoms with Crippen LogP contribution in [0.2, 0.25) is 0 Å². The molecule has 8 nitrogen and oxygen atoms in total. The number of anilines is 1. The molecular formula is C27H25N7O. The highest BCUT2D eigenvalue weighted by molar-refractivity contribution is 6.03. The van der Waals surface area contributed by atoms with E-state index in [1.54, 1.807) is 0 Å². The van der Waals surface area contributed by atoms with Crippen LogP contribution in [0.3, 0.4) is 0 Å². The average Bonchev–Trinajstić information content (AvgIpc) is 3.38. The highest BCUT2D eigenvalue weighted by atomic mass is 16.1. The molecule has 2 aromatic carbocycles. The predicted molar refractivity (Wildman–Crippen MR) is 136 cm³/mol. The topological polar surface area (TPSA) is 72.1 Å². The zero-order chi connectivity index (χ0) is 23.7. The first kappa shape index (κ1) is 20.2. The summed E-state index contributed by atoms with van der Waals surface area (Å²) >= 11 is 0. The van der Waals surface area contributed by atoms with E-state index in [1.165, 1.54) is 0 Å². The summed E-state index contributed by atoms with van der Waals surface area (Å²) in [6.45, 7) is 5.74. The van der Waals surface area contributed by atoms with Gasteiger partial charge in [-0.15, -0.1) is 0 Å². The maximum Gasteiger partial charge on any atom is 0.209 e. The van der Waals surface area contributed by atoms with Gasteiger partial charge >= 0.3 is 0 Å². The summed E-state index contributed by atoms with van der Waals surface area (Å²) in [6, 6.07) is 16.7. The minimum atomic E-state index is 0.263. The van der Waals surface area contributed by atoms with Gasteiger partial charge in [0, 0.05) is 61.2 Å². The van der Waals surface area contributed by atoms with Gasteiger partial charge in [-0.1, -0.05) is 30.3 Å². The van der Waals surface area contributed by atoms with E-state index in [2.05, 4.69) is 59.5 Å². The van der Waals surface area contributed by atoms with E-state index in [4.69, 9.17) is 10.1 Å². The number of aromatic nitrogens is 5. The molecule has 174 valence electrons. The highest BCUT2D eigenvalue weighted by Crippen LogP contribution is 2.41. The smallest absolute Gasteiger partial charge is 0.209 e. The van der Waals surface area contributed by atoms with Gasteiger partial charge in [-0.2, -0.15) is 10.2 Å². The SMILES string of the molecule is Cc1cccc2c(-c3cccc4nn(C)cc34)nn(-c3ccc(N4CC5(CN(C=O)C5)C4)nc3)c12. The van der Waals surface area contributed by atoms with Gasteiger partial charge in [0.1, 0.15) is 11.5 Å². The summed E-state index contributed by atoms with van der Waals surface area (Å²) < 4.78 is 3.86. The molecule has 0 bridgehead atoms. The number of benzene rings is 2. The molecule has 2 saturated heterocycles. The molecule has 7 rings (SSSR count). The Morgan fingerprint density at radius 2 is 1.77 bits per heavy atom. The Balaban J connectivity index is 1.27. The fourth-order valence-corrected chi connectivity index (χ4v) is 5.79. The largest absolute Gasteiger partial charge is 0.355 e. The fourth-order valence-electron chi connectivity index (χ4n) is 5.79. The number of amides is 1. The third kappa shape index (κ3) is 2.99. The lowest BCUT2D eigenvalue weighted by atomic mass is 9.73. The molecule has 1 spiro atoms. The summed E-state index contributed by atoms with van der Waals surface area (Å²) in [7, 11) is 1.95. The van der Waals surface area contributed by atoms with E-state index in [-0.39, 0.29) is 5.41 Å². The third-order valence-electron chi connectivity index (χ3n) is 7.40. The monoisotopic (exact) mass is 463 g/mol. The van der Waals surface area contributed by atoms with Crippen LogP contribution in [0.15, 0.2) is 60.9 Å². The molecule has 5 aromatic rings. The predicted octanol–water partition coefficient (Wildman–Crippen LogP) is 3.56. The van der Waals surface area contributed by atoms with Crippen LogP contribution < -0.4 is 4.90 Å². The number of carbonyl (C=O) groups excluding carboxylic acids is 1. The molecule has 0 atom stereocenters. The van der Waals surface area contributed by atoms with Crippen molar-refractivity contribution in [3.8, 4) is 16.9 Å².